The van der Waals surface area contributed by atoms with Gasteiger partial charge in [0.1, 0.15) is 5.75 Å². The molecular formula is C13H18F3NO2. The maximum Gasteiger partial charge on any atom is 0.422 e. The van der Waals surface area contributed by atoms with Crippen LogP contribution in [0.3, 0.4) is 0 Å². The molecule has 0 heterocycles. The summed E-state index contributed by atoms with van der Waals surface area (Å²) in [6.07, 6.45) is -3.66. The van der Waals surface area contributed by atoms with Gasteiger partial charge in [0.15, 0.2) is 6.61 Å². The normalized spacial score (nSPS) is 13.3. The fourth-order valence-electron chi connectivity index (χ4n) is 1.46. The van der Waals surface area contributed by atoms with Gasteiger partial charge in [-0.05, 0) is 31.0 Å². The molecule has 0 aliphatic carbocycles. The third kappa shape index (κ3) is 7.03. The first-order valence-corrected chi connectivity index (χ1v) is 6.03. The van der Waals surface area contributed by atoms with Gasteiger partial charge in [-0.25, -0.2) is 0 Å². The molecule has 0 aliphatic heterocycles. The first-order chi connectivity index (χ1) is 8.90. The molecule has 108 valence electrons. The molecule has 0 saturated carbocycles. The largest absolute Gasteiger partial charge is 0.484 e. The van der Waals surface area contributed by atoms with Crippen molar-refractivity contribution in [2.24, 2.45) is 0 Å². The second kappa shape index (κ2) is 7.35. The average Bonchev–Trinajstić information content (AvgIpc) is 2.34. The highest BCUT2D eigenvalue weighted by molar-refractivity contribution is 5.27. The van der Waals surface area contributed by atoms with Gasteiger partial charge in [-0.2, -0.15) is 13.2 Å². The Bertz CT molecular complexity index is 365. The smallest absolute Gasteiger partial charge is 0.422 e. The van der Waals surface area contributed by atoms with E-state index in [9.17, 15) is 13.2 Å². The van der Waals surface area contributed by atoms with Gasteiger partial charge in [0.2, 0.25) is 0 Å². The second-order valence-corrected chi connectivity index (χ2v) is 4.34. The molecule has 0 aliphatic rings. The number of ether oxygens (including phenoxy) is 1. The molecule has 1 atom stereocenters. The molecule has 0 aromatic heterocycles. The van der Waals surface area contributed by atoms with Gasteiger partial charge >= 0.3 is 6.18 Å². The van der Waals surface area contributed by atoms with Gasteiger partial charge < -0.3 is 15.2 Å². The standard InChI is InChI=1S/C13H18F3NO2/c1-10(6-7-18)17-8-11-2-4-12(5-3-11)19-9-13(14,15)16/h2-5,10,17-18H,6-9H2,1H3. The van der Waals surface area contributed by atoms with E-state index in [2.05, 4.69) is 10.1 Å². The van der Waals surface area contributed by atoms with E-state index in [1.807, 2.05) is 6.92 Å². The summed E-state index contributed by atoms with van der Waals surface area (Å²) in [6, 6.07) is 6.64. The highest BCUT2D eigenvalue weighted by Gasteiger charge is 2.28. The van der Waals surface area contributed by atoms with Crippen molar-refractivity contribution in [3.05, 3.63) is 29.8 Å². The summed E-state index contributed by atoms with van der Waals surface area (Å²) < 4.78 is 40.5. The maximum atomic E-state index is 11.9. The number of nitrogens with one attached hydrogen (secondary N) is 1. The molecule has 0 amide bonds. The number of rotatable bonds is 7. The number of hydrogen-bond donors (Lipinski definition) is 2. The van der Waals surface area contributed by atoms with Crippen LogP contribution in [0.2, 0.25) is 0 Å². The zero-order valence-electron chi connectivity index (χ0n) is 10.7. The lowest BCUT2D eigenvalue weighted by Gasteiger charge is -2.13. The van der Waals surface area contributed by atoms with Crippen LogP contribution in [0.4, 0.5) is 13.2 Å². The van der Waals surface area contributed by atoms with Crippen LogP contribution >= 0.6 is 0 Å². The van der Waals surface area contributed by atoms with Crippen LogP contribution in [0.5, 0.6) is 5.75 Å². The average molecular weight is 277 g/mol. The molecule has 0 saturated heterocycles. The Hall–Kier alpha value is -1.27. The quantitative estimate of drug-likeness (QED) is 0.804. The van der Waals surface area contributed by atoms with Crippen molar-refractivity contribution < 1.29 is 23.0 Å². The van der Waals surface area contributed by atoms with Gasteiger partial charge in [0, 0.05) is 19.2 Å². The summed E-state index contributed by atoms with van der Waals surface area (Å²) in [5.41, 5.74) is 0.948. The van der Waals surface area contributed by atoms with Crippen molar-refractivity contribution in [2.45, 2.75) is 32.1 Å². The zero-order valence-corrected chi connectivity index (χ0v) is 10.7. The van der Waals surface area contributed by atoms with Crippen molar-refractivity contribution in [1.29, 1.82) is 0 Å². The van der Waals surface area contributed by atoms with Crippen LogP contribution in [0, 0.1) is 0 Å². The Morgan fingerprint density at radius 2 is 1.89 bits per heavy atom. The summed E-state index contributed by atoms with van der Waals surface area (Å²) >= 11 is 0. The van der Waals surface area contributed by atoms with E-state index >= 15 is 0 Å². The van der Waals surface area contributed by atoms with Gasteiger partial charge in [0.05, 0.1) is 0 Å². The first kappa shape index (κ1) is 15.8. The molecule has 1 rings (SSSR count). The van der Waals surface area contributed by atoms with E-state index in [4.69, 9.17) is 5.11 Å². The molecule has 0 fully saturated rings. The molecule has 3 nitrogen and oxygen atoms in total. The van der Waals surface area contributed by atoms with Crippen LogP contribution in [0.25, 0.3) is 0 Å². The van der Waals surface area contributed by atoms with Crippen molar-refractivity contribution in [3.8, 4) is 5.75 Å². The molecule has 1 aromatic carbocycles. The molecule has 6 heteroatoms. The Labute approximate surface area is 110 Å². The summed E-state index contributed by atoms with van der Waals surface area (Å²) in [5, 5.41) is 11.9. The minimum absolute atomic E-state index is 0.123. The van der Waals surface area contributed by atoms with Gasteiger partial charge in [0.25, 0.3) is 0 Å². The molecule has 19 heavy (non-hydrogen) atoms. The molecule has 2 N–H and O–H groups in total. The Kier molecular flexibility index (Phi) is 6.11. The lowest BCUT2D eigenvalue weighted by Crippen LogP contribution is -2.26. The molecular weight excluding hydrogens is 259 g/mol. The lowest BCUT2D eigenvalue weighted by molar-refractivity contribution is -0.153. The Morgan fingerprint density at radius 1 is 1.26 bits per heavy atom. The highest BCUT2D eigenvalue weighted by Crippen LogP contribution is 2.18. The summed E-state index contributed by atoms with van der Waals surface area (Å²) in [7, 11) is 0. The molecule has 1 aromatic rings. The Balaban J connectivity index is 2.39. The maximum absolute atomic E-state index is 11.9. The number of alkyl halides is 3. The van der Waals surface area contributed by atoms with E-state index in [0.717, 1.165) is 5.56 Å². The third-order valence-corrected chi connectivity index (χ3v) is 2.54. The SMILES string of the molecule is CC(CCO)NCc1ccc(OCC(F)(F)F)cc1. The number of aliphatic hydroxyl groups is 1. The van der Waals surface area contributed by atoms with E-state index in [0.29, 0.717) is 13.0 Å². The van der Waals surface area contributed by atoms with Gasteiger partial charge in [-0.15, -0.1) is 0 Å². The molecule has 0 spiro atoms. The highest BCUT2D eigenvalue weighted by atomic mass is 19.4. The first-order valence-electron chi connectivity index (χ1n) is 6.03. The van der Waals surface area contributed by atoms with Crippen LogP contribution < -0.4 is 10.1 Å². The fourth-order valence-corrected chi connectivity index (χ4v) is 1.46. The van der Waals surface area contributed by atoms with Crippen molar-refractivity contribution >= 4 is 0 Å². The minimum Gasteiger partial charge on any atom is -0.484 e. The predicted octanol–water partition coefficient (Wildman–Crippen LogP) is 2.49. The van der Waals surface area contributed by atoms with Crippen LogP contribution in [0.1, 0.15) is 18.9 Å². The van der Waals surface area contributed by atoms with Crippen LogP contribution in [-0.2, 0) is 6.54 Å². The van der Waals surface area contributed by atoms with Crippen LogP contribution in [0.15, 0.2) is 24.3 Å². The summed E-state index contributed by atoms with van der Waals surface area (Å²) in [4.78, 5) is 0. The predicted molar refractivity (Wildman–Crippen MR) is 66.0 cm³/mol. The summed E-state index contributed by atoms with van der Waals surface area (Å²) in [6.45, 7) is 1.40. The van der Waals surface area contributed by atoms with E-state index in [-0.39, 0.29) is 18.4 Å². The topological polar surface area (TPSA) is 41.5 Å². The third-order valence-electron chi connectivity index (χ3n) is 2.54. The van der Waals surface area contributed by atoms with E-state index in [1.165, 1.54) is 12.1 Å². The molecule has 0 bridgehead atoms. The van der Waals surface area contributed by atoms with Crippen LogP contribution in [-0.4, -0.2) is 30.5 Å². The number of benzene rings is 1. The van der Waals surface area contributed by atoms with Crippen molar-refractivity contribution in [2.75, 3.05) is 13.2 Å². The number of hydrogen-bond acceptors (Lipinski definition) is 3. The monoisotopic (exact) mass is 277 g/mol. The lowest BCUT2D eigenvalue weighted by atomic mass is 10.2. The Morgan fingerprint density at radius 3 is 2.42 bits per heavy atom. The summed E-state index contributed by atoms with van der Waals surface area (Å²) in [5.74, 6) is 0.199. The van der Waals surface area contributed by atoms with Crippen molar-refractivity contribution in [1.82, 2.24) is 5.32 Å². The zero-order chi connectivity index (χ0) is 14.3. The number of halogens is 3. The number of aliphatic hydroxyl groups excluding tert-OH is 1. The molecule has 0 radical (unpaired) electrons. The second-order valence-electron chi connectivity index (χ2n) is 4.34. The molecule has 1 unspecified atom stereocenters. The van der Waals surface area contributed by atoms with Gasteiger partial charge in [-0.1, -0.05) is 12.1 Å². The fraction of sp³-hybridized carbons (Fsp3) is 0.538. The minimum atomic E-state index is -4.32. The van der Waals surface area contributed by atoms with E-state index < -0.39 is 12.8 Å². The van der Waals surface area contributed by atoms with E-state index in [1.54, 1.807) is 12.1 Å². The van der Waals surface area contributed by atoms with Gasteiger partial charge in [-0.3, -0.25) is 0 Å². The van der Waals surface area contributed by atoms with Crippen molar-refractivity contribution in [3.63, 3.8) is 0 Å².